The van der Waals surface area contributed by atoms with Gasteiger partial charge in [0.05, 0.1) is 17.6 Å². The van der Waals surface area contributed by atoms with Crippen molar-refractivity contribution in [2.24, 2.45) is 5.41 Å². The molecule has 0 amide bonds. The normalized spacial score (nSPS) is 26.9. The van der Waals surface area contributed by atoms with Crippen LogP contribution in [0.4, 0.5) is 0 Å². The average Bonchev–Trinajstić information content (AvgIpc) is 3.50. The van der Waals surface area contributed by atoms with Crippen molar-refractivity contribution in [3.63, 3.8) is 0 Å². The maximum atomic E-state index is 13.4. The number of fused-ring (bicyclic) bond motifs is 1. The molecular formula is C44H54O7Si2. The van der Waals surface area contributed by atoms with E-state index in [1.165, 1.54) is 6.92 Å². The summed E-state index contributed by atoms with van der Waals surface area (Å²) in [5.74, 6) is -1.25. The fourth-order valence-electron chi connectivity index (χ4n) is 9.65. The Labute approximate surface area is 316 Å². The monoisotopic (exact) mass is 750 g/mol. The van der Waals surface area contributed by atoms with Gasteiger partial charge in [0.1, 0.15) is 12.2 Å². The lowest BCUT2D eigenvalue weighted by Gasteiger charge is -2.48. The van der Waals surface area contributed by atoms with Gasteiger partial charge in [-0.1, -0.05) is 156 Å². The Balaban J connectivity index is 1.45. The standard InChI is InChI=1S/C44H54O7Si2/c1-32(45)48-39-43(30-41(5,6)52(46,33-21-13-9-14-22-33)34-23-15-10-16-24-34)31-44(43,38(49-39)37-29-47-42(7,8)50-37)51-53(40(2,3)4,35-25-17-11-18-26-35)36-27-19-12-20-28-36/h9-28,37-39,46H,29-31H2,1-8H3/t37-,38+,39?,43-,44-/m0/s1. The number of hydrogen-bond donors (Lipinski definition) is 1. The Hall–Kier alpha value is -3.42. The summed E-state index contributed by atoms with van der Waals surface area (Å²) in [5, 5.41) is 3.09. The van der Waals surface area contributed by atoms with Crippen molar-refractivity contribution in [2.75, 3.05) is 6.61 Å². The highest BCUT2D eigenvalue weighted by molar-refractivity contribution is 7.00. The Morgan fingerprint density at radius 2 is 1.23 bits per heavy atom. The molecular weight excluding hydrogens is 697 g/mol. The molecule has 9 heteroatoms. The molecule has 1 N–H and O–H groups in total. The van der Waals surface area contributed by atoms with Gasteiger partial charge in [-0.2, -0.15) is 0 Å². The van der Waals surface area contributed by atoms with Crippen LogP contribution in [0.1, 0.15) is 68.2 Å². The zero-order valence-electron chi connectivity index (χ0n) is 32.3. The van der Waals surface area contributed by atoms with Crippen LogP contribution in [0.15, 0.2) is 121 Å². The largest absolute Gasteiger partial charge is 0.435 e. The van der Waals surface area contributed by atoms with Gasteiger partial charge >= 0.3 is 5.97 Å². The summed E-state index contributed by atoms with van der Waals surface area (Å²) in [5.41, 5.74) is -1.77. The molecule has 0 bridgehead atoms. The van der Waals surface area contributed by atoms with E-state index >= 15 is 0 Å². The molecule has 2 aliphatic heterocycles. The highest BCUT2D eigenvalue weighted by Gasteiger charge is 2.86. The van der Waals surface area contributed by atoms with Crippen molar-refractivity contribution in [1.29, 1.82) is 0 Å². The van der Waals surface area contributed by atoms with Crippen LogP contribution >= 0.6 is 0 Å². The average molecular weight is 751 g/mol. The van der Waals surface area contributed by atoms with Crippen molar-refractivity contribution in [3.05, 3.63) is 121 Å². The second kappa shape index (κ2) is 13.4. The third kappa shape index (κ3) is 6.18. The van der Waals surface area contributed by atoms with Gasteiger partial charge in [0.2, 0.25) is 6.29 Å². The lowest BCUT2D eigenvalue weighted by molar-refractivity contribution is -0.210. The second-order valence-corrected chi connectivity index (χ2v) is 25.5. The summed E-state index contributed by atoms with van der Waals surface area (Å²) in [6, 6.07) is 41.3. The van der Waals surface area contributed by atoms with E-state index in [9.17, 15) is 9.59 Å². The van der Waals surface area contributed by atoms with Gasteiger partial charge in [-0.25, -0.2) is 0 Å². The van der Waals surface area contributed by atoms with Gasteiger partial charge in [-0.05, 0) is 57.5 Å². The molecule has 5 atom stereocenters. The Kier molecular flexibility index (Phi) is 9.58. The van der Waals surface area contributed by atoms with E-state index in [1.807, 2.05) is 86.6 Å². The number of hydrogen-bond acceptors (Lipinski definition) is 7. The van der Waals surface area contributed by atoms with Crippen LogP contribution in [0, 0.1) is 5.41 Å². The van der Waals surface area contributed by atoms with Crippen molar-refractivity contribution in [2.45, 2.75) is 108 Å². The molecule has 4 aromatic rings. The van der Waals surface area contributed by atoms with Crippen molar-refractivity contribution < 1.29 is 33.0 Å². The predicted octanol–water partition coefficient (Wildman–Crippen LogP) is 6.05. The van der Waals surface area contributed by atoms with Crippen molar-refractivity contribution in [3.8, 4) is 0 Å². The Bertz CT molecular complexity index is 1820. The summed E-state index contributed by atoms with van der Waals surface area (Å²) in [4.78, 5) is 26.4. The molecule has 2 heterocycles. The zero-order valence-corrected chi connectivity index (χ0v) is 34.3. The Morgan fingerprint density at radius 1 is 0.774 bits per heavy atom. The minimum absolute atomic E-state index is 0.308. The maximum absolute atomic E-state index is 13.4. The summed E-state index contributed by atoms with van der Waals surface area (Å²) in [6.07, 6.45) is -0.997. The van der Waals surface area contributed by atoms with Crippen LogP contribution < -0.4 is 20.7 Å². The molecule has 0 radical (unpaired) electrons. The van der Waals surface area contributed by atoms with Crippen molar-refractivity contribution in [1.82, 2.24) is 0 Å². The maximum Gasteiger partial charge on any atom is 0.304 e. The van der Waals surface area contributed by atoms with Gasteiger partial charge in [0.15, 0.2) is 5.79 Å². The first-order valence-electron chi connectivity index (χ1n) is 18.8. The molecule has 7 rings (SSSR count). The lowest BCUT2D eigenvalue weighted by atomic mass is 9.88. The number of carbonyl (C=O) groups excluding carboxylic acids is 1. The van der Waals surface area contributed by atoms with Crippen LogP contribution in [0.25, 0.3) is 0 Å². The lowest BCUT2D eigenvalue weighted by Crippen LogP contribution is -2.70. The third-order valence-corrected chi connectivity index (χ3v) is 21.5. The quantitative estimate of drug-likeness (QED) is 0.148. The first kappa shape index (κ1) is 37.9. The first-order valence-corrected chi connectivity index (χ1v) is 22.7. The Morgan fingerprint density at radius 3 is 1.62 bits per heavy atom. The van der Waals surface area contributed by atoms with E-state index in [1.54, 1.807) is 0 Å². The van der Waals surface area contributed by atoms with Gasteiger partial charge < -0.3 is 28.2 Å². The molecule has 1 aliphatic carbocycles. The number of benzene rings is 4. The van der Waals surface area contributed by atoms with Crippen molar-refractivity contribution >= 4 is 43.4 Å². The fraction of sp³-hybridized carbons (Fsp3) is 0.432. The molecule has 3 aliphatic rings. The van der Waals surface area contributed by atoms with E-state index in [0.29, 0.717) is 19.4 Å². The second-order valence-electron chi connectivity index (χ2n) is 17.4. The van der Waals surface area contributed by atoms with Crippen LogP contribution in [0.3, 0.4) is 0 Å². The van der Waals surface area contributed by atoms with Crippen LogP contribution in [0.5, 0.6) is 0 Å². The highest BCUT2D eigenvalue weighted by atomic mass is 28.4. The number of carbonyl (C=O) groups is 1. The molecule has 0 aromatic heterocycles. The summed E-state index contributed by atoms with van der Waals surface area (Å²) in [7, 11) is -6.72. The summed E-state index contributed by atoms with van der Waals surface area (Å²) < 4.78 is 34.2. The van der Waals surface area contributed by atoms with Gasteiger partial charge in [0, 0.05) is 6.92 Å². The third-order valence-electron chi connectivity index (χ3n) is 12.0. The fourth-order valence-corrected chi connectivity index (χ4v) is 18.3. The zero-order chi connectivity index (χ0) is 37.9. The first-order chi connectivity index (χ1) is 25.0. The van der Waals surface area contributed by atoms with Crippen LogP contribution in [-0.2, 0) is 28.2 Å². The van der Waals surface area contributed by atoms with E-state index in [4.69, 9.17) is 23.4 Å². The molecule has 2 saturated heterocycles. The van der Waals surface area contributed by atoms with E-state index in [2.05, 4.69) is 83.1 Å². The molecule has 1 saturated carbocycles. The minimum Gasteiger partial charge on any atom is -0.435 e. The number of esters is 1. The topological polar surface area (TPSA) is 83.5 Å². The molecule has 4 aromatic carbocycles. The molecule has 3 fully saturated rings. The molecule has 7 nitrogen and oxygen atoms in total. The van der Waals surface area contributed by atoms with Crippen LogP contribution in [-0.4, -0.2) is 63.9 Å². The summed E-state index contributed by atoms with van der Waals surface area (Å²) in [6.45, 7) is 16.7. The molecule has 1 unspecified atom stereocenters. The van der Waals surface area contributed by atoms with Gasteiger partial charge in [-0.3, -0.25) is 4.79 Å². The van der Waals surface area contributed by atoms with Gasteiger partial charge in [0.25, 0.3) is 16.6 Å². The van der Waals surface area contributed by atoms with E-state index in [-0.39, 0.29) is 5.04 Å². The smallest absolute Gasteiger partial charge is 0.304 e. The predicted molar refractivity (Wildman–Crippen MR) is 213 cm³/mol. The van der Waals surface area contributed by atoms with E-state index in [0.717, 1.165) is 20.7 Å². The summed E-state index contributed by atoms with van der Waals surface area (Å²) >= 11 is 0. The highest BCUT2D eigenvalue weighted by Crippen LogP contribution is 2.76. The SMILES string of the molecule is CC(=O)OC1O[C@H]([C@@H]2COC(C)(C)O2)[C@@]2(O[Si](c3ccccc3)(c3ccccc3)C(C)(C)C)C[C@@]12CC(C)(C)[Si](O)(c1ccccc1)c1ccccc1. The minimum atomic E-state index is -3.52. The number of rotatable bonds is 11. The molecule has 280 valence electrons. The number of ether oxygens (including phenoxy) is 4. The molecule has 53 heavy (non-hydrogen) atoms. The molecule has 0 spiro atoms. The van der Waals surface area contributed by atoms with E-state index < -0.39 is 62.9 Å². The van der Waals surface area contributed by atoms with Crippen LogP contribution in [0.2, 0.25) is 10.1 Å². The van der Waals surface area contributed by atoms with Gasteiger partial charge in [-0.15, -0.1) is 0 Å².